The third-order valence-corrected chi connectivity index (χ3v) is 6.03. The molecule has 2 aromatic carbocycles. The lowest BCUT2D eigenvalue weighted by molar-refractivity contribution is 0.0696. The summed E-state index contributed by atoms with van der Waals surface area (Å²) in [6.07, 6.45) is 3.39. The molecule has 0 atom stereocenters. The Labute approximate surface area is 201 Å². The van der Waals surface area contributed by atoms with Crippen LogP contribution in [0.4, 0.5) is 5.69 Å². The first-order chi connectivity index (χ1) is 17.0. The molecule has 0 fully saturated rings. The van der Waals surface area contributed by atoms with Gasteiger partial charge in [0.15, 0.2) is 0 Å². The maximum atomic E-state index is 13.5. The van der Waals surface area contributed by atoms with Crippen molar-refractivity contribution in [1.82, 2.24) is 14.9 Å². The number of nitrogens with zero attached hydrogens (tertiary/aromatic N) is 3. The molecule has 174 valence electrons. The van der Waals surface area contributed by atoms with Crippen LogP contribution in [0.15, 0.2) is 85.2 Å². The normalized spacial score (nSPS) is 12.3. The number of para-hydroxylation sites is 1. The van der Waals surface area contributed by atoms with Gasteiger partial charge in [0.1, 0.15) is 5.69 Å². The van der Waals surface area contributed by atoms with E-state index in [2.05, 4.69) is 10.3 Å². The van der Waals surface area contributed by atoms with Crippen LogP contribution in [0.25, 0.3) is 0 Å². The van der Waals surface area contributed by atoms with Gasteiger partial charge in [-0.15, -0.1) is 0 Å². The van der Waals surface area contributed by atoms with Crippen LogP contribution in [0.5, 0.6) is 0 Å². The van der Waals surface area contributed by atoms with E-state index in [0.29, 0.717) is 24.3 Å². The van der Waals surface area contributed by atoms with Crippen LogP contribution in [0, 0.1) is 0 Å². The van der Waals surface area contributed by atoms with Crippen LogP contribution >= 0.6 is 0 Å². The highest BCUT2D eigenvalue weighted by atomic mass is 16.4. The predicted octanol–water partition coefficient (Wildman–Crippen LogP) is 3.72. The lowest BCUT2D eigenvalue weighted by Gasteiger charge is -2.22. The molecule has 3 heterocycles. The first kappa shape index (κ1) is 22.1. The summed E-state index contributed by atoms with van der Waals surface area (Å²) in [6.45, 7) is 1.07. The van der Waals surface area contributed by atoms with Crippen molar-refractivity contribution < 1.29 is 19.5 Å². The van der Waals surface area contributed by atoms with Gasteiger partial charge in [-0.3, -0.25) is 14.6 Å². The molecule has 5 rings (SSSR count). The summed E-state index contributed by atoms with van der Waals surface area (Å²) >= 11 is 0. The number of fused-ring (bicyclic) bond motifs is 2. The van der Waals surface area contributed by atoms with Crippen molar-refractivity contribution in [1.29, 1.82) is 0 Å². The number of carbonyl (C=O) groups excluding carboxylic acids is 2. The van der Waals surface area contributed by atoms with Gasteiger partial charge in [-0.2, -0.15) is 0 Å². The molecule has 0 unspecified atom stereocenters. The van der Waals surface area contributed by atoms with E-state index in [1.807, 2.05) is 47.0 Å². The number of rotatable bonds is 5. The second kappa shape index (κ2) is 9.26. The van der Waals surface area contributed by atoms with Crippen LogP contribution in [-0.4, -0.2) is 32.4 Å². The van der Waals surface area contributed by atoms with E-state index in [9.17, 15) is 14.4 Å². The van der Waals surface area contributed by atoms with Gasteiger partial charge in [-0.25, -0.2) is 4.79 Å². The fourth-order valence-corrected chi connectivity index (χ4v) is 4.23. The lowest BCUT2D eigenvalue weighted by Crippen LogP contribution is -2.30. The molecule has 8 heteroatoms. The Kier molecular flexibility index (Phi) is 5.85. The molecule has 0 radical (unpaired) electrons. The molecule has 8 nitrogen and oxygen atoms in total. The topological polar surface area (TPSA) is 105 Å². The Bertz CT molecular complexity index is 1410. The summed E-state index contributed by atoms with van der Waals surface area (Å²) in [4.78, 5) is 43.4. The molecule has 2 N–H and O–H groups in total. The number of hydrogen-bond donors (Lipinski definition) is 2. The number of nitrogens with one attached hydrogen (secondary N) is 1. The van der Waals surface area contributed by atoms with E-state index in [1.165, 1.54) is 24.3 Å². The van der Waals surface area contributed by atoms with E-state index in [4.69, 9.17) is 5.11 Å². The van der Waals surface area contributed by atoms with Crippen molar-refractivity contribution >= 4 is 23.5 Å². The summed E-state index contributed by atoms with van der Waals surface area (Å²) < 4.78 is 1.93. The number of aromatic carboxylic acids is 1. The van der Waals surface area contributed by atoms with E-state index in [0.717, 1.165) is 22.5 Å². The van der Waals surface area contributed by atoms with Gasteiger partial charge < -0.3 is 19.9 Å². The largest absolute Gasteiger partial charge is 0.478 e. The summed E-state index contributed by atoms with van der Waals surface area (Å²) in [5, 5.41) is 12.1. The van der Waals surface area contributed by atoms with E-state index in [1.54, 1.807) is 23.4 Å². The molecular formula is C27H22N4O4. The molecular weight excluding hydrogens is 444 g/mol. The zero-order chi connectivity index (χ0) is 24.4. The summed E-state index contributed by atoms with van der Waals surface area (Å²) in [7, 11) is 0. The maximum Gasteiger partial charge on any atom is 0.335 e. The number of hydrogen-bond acceptors (Lipinski definition) is 4. The minimum absolute atomic E-state index is 0.119. The quantitative estimate of drug-likeness (QED) is 0.467. The molecule has 0 saturated heterocycles. The van der Waals surface area contributed by atoms with Gasteiger partial charge in [0.2, 0.25) is 0 Å². The van der Waals surface area contributed by atoms with Crippen LogP contribution in [0.3, 0.4) is 0 Å². The van der Waals surface area contributed by atoms with Crippen LogP contribution in [-0.2, 0) is 19.6 Å². The average molecular weight is 466 g/mol. The Hall–Kier alpha value is -4.72. The van der Waals surface area contributed by atoms with Crippen LogP contribution in [0.2, 0.25) is 0 Å². The number of carboxylic acid groups (broad SMARTS) is 1. The molecule has 0 saturated carbocycles. The Morgan fingerprint density at radius 2 is 1.66 bits per heavy atom. The Balaban J connectivity index is 1.44. The average Bonchev–Trinajstić information content (AvgIpc) is 3.20. The fourth-order valence-electron chi connectivity index (χ4n) is 4.23. The van der Waals surface area contributed by atoms with Gasteiger partial charge >= 0.3 is 5.97 Å². The summed E-state index contributed by atoms with van der Waals surface area (Å²) in [5.74, 6) is -1.50. The van der Waals surface area contributed by atoms with Gasteiger partial charge in [0.05, 0.1) is 18.7 Å². The highest BCUT2D eigenvalue weighted by molar-refractivity contribution is 6.07. The van der Waals surface area contributed by atoms with Crippen LogP contribution < -0.4 is 10.2 Å². The van der Waals surface area contributed by atoms with Crippen molar-refractivity contribution in [2.24, 2.45) is 0 Å². The SMILES string of the molecule is O=C(O)c1ccc(C(=O)N2Cc3ccc(C(=O)NCc4cccnc4)n3Cc3ccccc32)cc1. The smallest absolute Gasteiger partial charge is 0.335 e. The van der Waals surface area contributed by atoms with Gasteiger partial charge in [0, 0.05) is 35.9 Å². The number of carboxylic acids is 1. The van der Waals surface area contributed by atoms with Crippen molar-refractivity contribution in [3.8, 4) is 0 Å². The predicted molar refractivity (Wildman–Crippen MR) is 129 cm³/mol. The standard InChI is InChI=1S/C27H22N4O4/c32-25(29-15-18-4-3-13-28-14-18)24-12-11-22-17-31(23-6-2-1-5-21(23)16-30(22)24)26(33)19-7-9-20(10-8-19)27(34)35/h1-14H,15-17H2,(H,29,32)(H,34,35). The minimum Gasteiger partial charge on any atom is -0.478 e. The van der Waals surface area contributed by atoms with E-state index in [-0.39, 0.29) is 23.9 Å². The Morgan fingerprint density at radius 1 is 0.886 bits per heavy atom. The molecule has 0 bridgehead atoms. The molecule has 2 amide bonds. The molecule has 0 spiro atoms. The molecule has 1 aliphatic rings. The fraction of sp³-hybridized carbons (Fsp3) is 0.111. The number of benzene rings is 2. The first-order valence-electron chi connectivity index (χ1n) is 11.1. The van der Waals surface area contributed by atoms with Gasteiger partial charge in [-0.1, -0.05) is 24.3 Å². The van der Waals surface area contributed by atoms with Crippen molar-refractivity contribution in [3.63, 3.8) is 0 Å². The zero-order valence-corrected chi connectivity index (χ0v) is 18.7. The molecule has 0 aliphatic carbocycles. The monoisotopic (exact) mass is 466 g/mol. The Morgan fingerprint density at radius 3 is 2.40 bits per heavy atom. The second-order valence-electron chi connectivity index (χ2n) is 8.24. The van der Waals surface area contributed by atoms with E-state index >= 15 is 0 Å². The van der Waals surface area contributed by atoms with Crippen LogP contribution in [0.1, 0.15) is 48.0 Å². The number of anilines is 1. The number of aromatic nitrogens is 2. The molecule has 2 aromatic heterocycles. The zero-order valence-electron chi connectivity index (χ0n) is 18.7. The highest BCUT2D eigenvalue weighted by Crippen LogP contribution is 2.30. The minimum atomic E-state index is -1.05. The lowest BCUT2D eigenvalue weighted by atomic mass is 10.1. The molecule has 35 heavy (non-hydrogen) atoms. The van der Waals surface area contributed by atoms with Crippen molar-refractivity contribution in [2.75, 3.05) is 4.90 Å². The highest BCUT2D eigenvalue weighted by Gasteiger charge is 2.27. The van der Waals surface area contributed by atoms with E-state index < -0.39 is 5.97 Å². The number of carbonyl (C=O) groups is 3. The van der Waals surface area contributed by atoms with Gasteiger partial charge in [0.25, 0.3) is 11.8 Å². The molecule has 4 aromatic rings. The first-order valence-corrected chi connectivity index (χ1v) is 11.1. The summed E-state index contributed by atoms with van der Waals surface area (Å²) in [5.41, 5.74) is 4.40. The van der Waals surface area contributed by atoms with Crippen molar-refractivity contribution in [3.05, 3.63) is 119 Å². The third-order valence-electron chi connectivity index (χ3n) is 6.03. The van der Waals surface area contributed by atoms with Crippen molar-refractivity contribution in [2.45, 2.75) is 19.6 Å². The summed E-state index contributed by atoms with van der Waals surface area (Å²) in [6, 6.07) is 20.8. The molecule has 1 aliphatic heterocycles. The third kappa shape index (κ3) is 4.41. The maximum absolute atomic E-state index is 13.5. The number of pyridine rings is 1. The second-order valence-corrected chi connectivity index (χ2v) is 8.24. The number of amides is 2. The van der Waals surface area contributed by atoms with Gasteiger partial charge in [-0.05, 0) is 59.7 Å².